The number of benzene rings is 4. The minimum atomic E-state index is -1.23. The van der Waals surface area contributed by atoms with E-state index >= 15 is 0 Å². The first-order chi connectivity index (χ1) is 27.6. The molecule has 302 valence electrons. The molecule has 4 aromatic carbocycles. The van der Waals surface area contributed by atoms with Gasteiger partial charge in [0.1, 0.15) is 94.8 Å². The highest BCUT2D eigenvalue weighted by Crippen LogP contribution is 2.52. The number of hydrogen-bond donors (Lipinski definition) is 2. The Morgan fingerprint density at radius 2 is 1.19 bits per heavy atom. The third-order valence-electron chi connectivity index (χ3n) is 11.9. The van der Waals surface area contributed by atoms with E-state index in [9.17, 15) is 19.8 Å². The first kappa shape index (κ1) is 37.8. The number of carbonyl (C=O) groups is 2. The average molecular weight is 791 g/mol. The molecular formula is C46H46O12. The van der Waals surface area contributed by atoms with Crippen LogP contribution in [-0.4, -0.2) is 78.7 Å². The van der Waals surface area contributed by atoms with Gasteiger partial charge >= 0.3 is 0 Å². The lowest BCUT2D eigenvalue weighted by Gasteiger charge is -2.43. The molecule has 4 aromatic rings. The normalized spacial score (nSPS) is 25.7. The lowest BCUT2D eigenvalue weighted by Crippen LogP contribution is -2.49. The van der Waals surface area contributed by atoms with Gasteiger partial charge in [-0.25, -0.2) is 0 Å². The summed E-state index contributed by atoms with van der Waals surface area (Å²) in [5, 5.41) is 21.3. The van der Waals surface area contributed by atoms with Gasteiger partial charge in [0.15, 0.2) is 11.6 Å². The monoisotopic (exact) mass is 790 g/mol. The van der Waals surface area contributed by atoms with Crippen molar-refractivity contribution in [1.29, 1.82) is 0 Å². The fraction of sp³-hybridized carbons (Fsp3) is 0.391. The second kappa shape index (κ2) is 13.4. The zero-order valence-electron chi connectivity index (χ0n) is 33.6. The number of aliphatic hydroxyl groups is 2. The minimum Gasteiger partial charge on any atom is -0.496 e. The number of carbonyl (C=O) groups excluding carboxylic acids is 2. The van der Waals surface area contributed by atoms with Gasteiger partial charge in [0.25, 0.3) is 0 Å². The Morgan fingerprint density at radius 3 is 1.74 bits per heavy atom. The quantitative estimate of drug-likeness (QED) is 0.216. The van der Waals surface area contributed by atoms with Crippen molar-refractivity contribution in [2.24, 2.45) is 0 Å². The van der Waals surface area contributed by atoms with Crippen molar-refractivity contribution in [3.8, 4) is 46.0 Å². The van der Waals surface area contributed by atoms with Crippen LogP contribution in [0.2, 0.25) is 0 Å². The number of hydrogen-bond acceptors (Lipinski definition) is 12. The Balaban J connectivity index is 0.000000151. The molecule has 2 N–H and O–H groups in total. The van der Waals surface area contributed by atoms with Crippen molar-refractivity contribution >= 4 is 17.6 Å². The largest absolute Gasteiger partial charge is 0.496 e. The van der Waals surface area contributed by atoms with E-state index in [0.29, 0.717) is 46.3 Å². The van der Waals surface area contributed by atoms with Crippen molar-refractivity contribution in [1.82, 2.24) is 0 Å². The van der Waals surface area contributed by atoms with Crippen LogP contribution < -0.4 is 37.9 Å². The molecule has 6 atom stereocenters. The second-order valence-corrected chi connectivity index (χ2v) is 16.7. The van der Waals surface area contributed by atoms with Gasteiger partial charge in [0, 0.05) is 11.1 Å². The van der Waals surface area contributed by atoms with E-state index in [4.69, 9.17) is 37.9 Å². The van der Waals surface area contributed by atoms with Crippen LogP contribution in [0.3, 0.4) is 0 Å². The summed E-state index contributed by atoms with van der Waals surface area (Å²) in [5.74, 6) is 3.73. The minimum absolute atomic E-state index is 0.0442. The lowest BCUT2D eigenvalue weighted by molar-refractivity contribution is -0.113. The molecule has 58 heavy (non-hydrogen) atoms. The second-order valence-electron chi connectivity index (χ2n) is 16.7. The number of aryl methyl sites for hydroxylation is 2. The Bertz CT molecular complexity index is 2430. The molecule has 0 saturated heterocycles. The number of ketones is 2. The number of aliphatic hydroxyl groups excluding tert-OH is 2. The summed E-state index contributed by atoms with van der Waals surface area (Å²) >= 11 is 0. The third-order valence-corrected chi connectivity index (χ3v) is 11.9. The molecule has 0 saturated carbocycles. The summed E-state index contributed by atoms with van der Waals surface area (Å²) in [7, 11) is 3.22. The Kier molecular flexibility index (Phi) is 8.76. The van der Waals surface area contributed by atoms with Gasteiger partial charge in [-0.05, 0) is 113 Å². The van der Waals surface area contributed by atoms with Crippen molar-refractivity contribution in [3.05, 3.63) is 99.1 Å². The van der Waals surface area contributed by atoms with E-state index in [2.05, 4.69) is 0 Å². The number of methoxy groups -OCH3 is 2. The van der Waals surface area contributed by atoms with E-state index < -0.39 is 35.7 Å². The van der Waals surface area contributed by atoms with Gasteiger partial charge in [-0.1, -0.05) is 0 Å². The molecule has 12 heteroatoms. The van der Waals surface area contributed by atoms with Crippen LogP contribution >= 0.6 is 0 Å². The summed E-state index contributed by atoms with van der Waals surface area (Å²) in [6.07, 6.45) is 0.627. The van der Waals surface area contributed by atoms with Crippen molar-refractivity contribution < 1.29 is 57.7 Å². The van der Waals surface area contributed by atoms with Gasteiger partial charge in [-0.15, -0.1) is 0 Å². The molecular weight excluding hydrogens is 744 g/mol. The molecule has 0 aliphatic carbocycles. The maximum atomic E-state index is 13.5. The van der Waals surface area contributed by atoms with Crippen molar-refractivity contribution in [2.45, 2.75) is 89.0 Å². The molecule has 10 rings (SSSR count). The molecule has 0 fully saturated rings. The molecule has 6 heterocycles. The van der Waals surface area contributed by atoms with Gasteiger partial charge in [0.05, 0.1) is 48.3 Å². The summed E-state index contributed by atoms with van der Waals surface area (Å²) in [4.78, 5) is 27.0. The smallest absolute Gasteiger partial charge is 0.178 e. The SMILES string of the molecule is COc1cc2c(cc1C)OC[C@H]1Oc3c(ccc4c3C(O)C(O)C(C)(C)O4)C(=O)[C@@H]21.COc1cc2c(cc1C)OC[C@H]1Oc3c(ccc4c3C=CC(C)(C)O4)C(=O)[C@@H]21. The van der Waals surface area contributed by atoms with Crippen LogP contribution in [0.25, 0.3) is 6.08 Å². The van der Waals surface area contributed by atoms with Crippen LogP contribution in [-0.2, 0) is 0 Å². The third kappa shape index (κ3) is 5.87. The van der Waals surface area contributed by atoms with E-state index in [-0.39, 0.29) is 35.6 Å². The predicted octanol–water partition coefficient (Wildman–Crippen LogP) is 7.00. The van der Waals surface area contributed by atoms with Crippen LogP contribution in [0, 0.1) is 13.8 Å². The van der Waals surface area contributed by atoms with Gasteiger partial charge in [-0.2, -0.15) is 0 Å². The molecule has 12 nitrogen and oxygen atoms in total. The fourth-order valence-corrected chi connectivity index (χ4v) is 8.83. The average Bonchev–Trinajstić information content (AvgIpc) is 3.18. The summed E-state index contributed by atoms with van der Waals surface area (Å²) in [6, 6.07) is 14.5. The standard InChI is InChI=1S/C23H24O7.C23H22O5/c1-10-7-15-12(8-14(10)27-4)17-16(9-28-15)29-21-11(19(17)24)5-6-13-18(21)20(25)22(26)23(2,3)30-13;1-12-9-18-15(10-17(12)25-4)20-19(11-26-18)27-22-13-7-8-23(2,3)28-16(13)6-5-14(22)21(20)24/h5-8,16-17,20,22,25-26H,9H2,1-4H3;5-10,19-20H,11H2,1-4H3/t16-,17+,20?,22?;19-,20+/m11/s1. The highest BCUT2D eigenvalue weighted by atomic mass is 16.6. The molecule has 0 spiro atoms. The molecule has 6 aliphatic rings. The molecule has 0 radical (unpaired) electrons. The summed E-state index contributed by atoms with van der Waals surface area (Å²) in [5.41, 5.74) is 4.15. The number of fused-ring (bicyclic) bond motifs is 12. The van der Waals surface area contributed by atoms with E-state index in [1.54, 1.807) is 40.2 Å². The van der Waals surface area contributed by atoms with E-state index in [1.807, 2.05) is 76.2 Å². The van der Waals surface area contributed by atoms with Crippen LogP contribution in [0.1, 0.15) is 99.7 Å². The number of Topliss-reactive ketones (excluding diaryl/α,β-unsaturated/α-hetero) is 2. The summed E-state index contributed by atoms with van der Waals surface area (Å²) < 4.78 is 47.2. The van der Waals surface area contributed by atoms with Crippen molar-refractivity contribution in [3.63, 3.8) is 0 Å². The van der Waals surface area contributed by atoms with Crippen molar-refractivity contribution in [2.75, 3.05) is 27.4 Å². The Labute approximate surface area is 336 Å². The molecule has 2 unspecified atom stereocenters. The predicted molar refractivity (Wildman–Crippen MR) is 212 cm³/mol. The molecule has 0 amide bonds. The molecule has 6 aliphatic heterocycles. The topological polar surface area (TPSA) is 148 Å². The Morgan fingerprint density at radius 1 is 0.672 bits per heavy atom. The van der Waals surface area contributed by atoms with Gasteiger partial charge < -0.3 is 48.1 Å². The van der Waals surface area contributed by atoms with Crippen LogP contribution in [0.15, 0.2) is 54.6 Å². The lowest BCUT2D eigenvalue weighted by atomic mass is 9.79. The van der Waals surface area contributed by atoms with E-state index in [0.717, 1.165) is 45.1 Å². The fourth-order valence-electron chi connectivity index (χ4n) is 8.83. The van der Waals surface area contributed by atoms with Crippen LogP contribution in [0.5, 0.6) is 46.0 Å². The number of ether oxygens (including phenoxy) is 8. The van der Waals surface area contributed by atoms with E-state index in [1.165, 1.54) is 0 Å². The Hall–Kier alpha value is -5.72. The summed E-state index contributed by atoms with van der Waals surface area (Å²) in [6.45, 7) is 11.8. The highest BCUT2D eigenvalue weighted by molar-refractivity contribution is 6.07. The number of rotatable bonds is 2. The van der Waals surface area contributed by atoms with Gasteiger partial charge in [0.2, 0.25) is 0 Å². The van der Waals surface area contributed by atoms with Gasteiger partial charge in [-0.3, -0.25) is 9.59 Å². The first-order valence-electron chi connectivity index (χ1n) is 19.4. The molecule has 0 bridgehead atoms. The molecule has 0 aromatic heterocycles. The zero-order chi connectivity index (χ0) is 41.0. The van der Waals surface area contributed by atoms with Crippen LogP contribution in [0.4, 0.5) is 0 Å². The maximum Gasteiger partial charge on any atom is 0.178 e. The zero-order valence-corrected chi connectivity index (χ0v) is 33.6. The maximum absolute atomic E-state index is 13.5. The highest BCUT2D eigenvalue weighted by Gasteiger charge is 2.50. The first-order valence-corrected chi connectivity index (χ1v) is 19.4.